The van der Waals surface area contributed by atoms with Crippen LogP contribution in [0.5, 0.6) is 0 Å². The van der Waals surface area contributed by atoms with Crippen LogP contribution in [0.15, 0.2) is 30.5 Å². The largest absolute Gasteiger partial charge is 0.466 e. The molecule has 0 aliphatic heterocycles. The minimum absolute atomic E-state index is 0.0356. The van der Waals surface area contributed by atoms with Crippen LogP contribution in [-0.2, 0) is 32.0 Å². The number of aromatic nitrogens is 3. The molecule has 0 aliphatic carbocycles. The summed E-state index contributed by atoms with van der Waals surface area (Å²) in [7, 11) is 0. The number of nitrogens with zero attached hydrogens (tertiary/aromatic N) is 4. The number of nitrogens with two attached hydrogens (primary N) is 2. The predicted octanol–water partition coefficient (Wildman–Crippen LogP) is 2.40. The number of fused-ring (bicyclic) bond motifs is 1. The van der Waals surface area contributed by atoms with Gasteiger partial charge in [-0.25, -0.2) is 9.78 Å². The fourth-order valence-electron chi connectivity index (χ4n) is 4.39. The molecule has 216 valence electrons. The van der Waals surface area contributed by atoms with Crippen molar-refractivity contribution in [3.63, 3.8) is 0 Å². The van der Waals surface area contributed by atoms with Gasteiger partial charge in [0.05, 0.1) is 25.1 Å². The summed E-state index contributed by atoms with van der Waals surface area (Å²) >= 11 is 0. The Kier molecular flexibility index (Phi) is 10.8. The second-order valence-corrected chi connectivity index (χ2v) is 9.01. The minimum Gasteiger partial charge on any atom is -0.466 e. The van der Waals surface area contributed by atoms with Crippen LogP contribution in [0.3, 0.4) is 0 Å². The second-order valence-electron chi connectivity index (χ2n) is 9.01. The molecule has 0 saturated heterocycles. The number of carbonyl (C=O) groups is 3. The van der Waals surface area contributed by atoms with E-state index < -0.39 is 23.9 Å². The van der Waals surface area contributed by atoms with Gasteiger partial charge >= 0.3 is 11.9 Å². The van der Waals surface area contributed by atoms with Gasteiger partial charge in [0.25, 0.3) is 5.91 Å². The summed E-state index contributed by atoms with van der Waals surface area (Å²) < 4.78 is 9.99. The maximum Gasteiger partial charge on any atom is 0.328 e. The molecule has 41 heavy (non-hydrogen) atoms. The molecule has 0 aliphatic rings. The Bertz CT molecular complexity index is 1440. The normalized spacial score (nSPS) is 11.4. The Morgan fingerprint density at radius 3 is 2.41 bits per heavy atom. The number of amides is 1. The average Bonchev–Trinajstić information content (AvgIpc) is 2.95. The Hall–Kier alpha value is -4.92. The van der Waals surface area contributed by atoms with Crippen LogP contribution < -0.4 is 21.7 Å². The number of aryl methyl sites for hydroxylation is 1. The number of terminal acetylenes is 1. The molecular weight excluding hydrogens is 526 g/mol. The maximum atomic E-state index is 13.0. The molecule has 0 radical (unpaired) electrons. The highest BCUT2D eigenvalue weighted by atomic mass is 16.5. The van der Waals surface area contributed by atoms with Crippen molar-refractivity contribution in [1.29, 1.82) is 0 Å². The van der Waals surface area contributed by atoms with Crippen LogP contribution in [-0.4, -0.2) is 58.6 Å². The predicted molar refractivity (Wildman–Crippen MR) is 156 cm³/mol. The van der Waals surface area contributed by atoms with Crippen molar-refractivity contribution in [3.05, 3.63) is 47.2 Å². The van der Waals surface area contributed by atoms with Gasteiger partial charge in [0, 0.05) is 30.4 Å². The summed E-state index contributed by atoms with van der Waals surface area (Å²) in [6.45, 7) is 6.45. The van der Waals surface area contributed by atoms with Crippen molar-refractivity contribution in [2.75, 3.05) is 36.1 Å². The topological polar surface area (TPSA) is 176 Å². The molecule has 0 fully saturated rings. The second kappa shape index (κ2) is 14.5. The number of rotatable bonds is 13. The molecule has 2 aromatic heterocycles. The molecule has 0 bridgehead atoms. The van der Waals surface area contributed by atoms with Crippen molar-refractivity contribution >= 4 is 46.3 Å². The van der Waals surface area contributed by atoms with Crippen LogP contribution in [0.25, 0.3) is 11.0 Å². The zero-order chi connectivity index (χ0) is 29.9. The zero-order valence-corrected chi connectivity index (χ0v) is 23.5. The first kappa shape index (κ1) is 30.6. The molecule has 0 unspecified atom stereocenters. The van der Waals surface area contributed by atoms with E-state index >= 15 is 0 Å². The average molecular weight is 562 g/mol. The van der Waals surface area contributed by atoms with Crippen molar-refractivity contribution in [3.8, 4) is 12.3 Å². The zero-order valence-electron chi connectivity index (χ0n) is 23.5. The van der Waals surface area contributed by atoms with E-state index in [1.54, 1.807) is 44.3 Å². The molecule has 1 amide bonds. The summed E-state index contributed by atoms with van der Waals surface area (Å²) in [6, 6.07) is 5.81. The van der Waals surface area contributed by atoms with E-state index in [0.29, 0.717) is 36.1 Å². The molecule has 12 heteroatoms. The molecule has 0 saturated carbocycles. The summed E-state index contributed by atoms with van der Waals surface area (Å²) in [5.41, 5.74) is 15.3. The van der Waals surface area contributed by atoms with E-state index in [-0.39, 0.29) is 37.8 Å². The SMILES string of the molecule is C#CCN(Cc1cnc2nc(N)nc(N)c2c1CC)c1ccc(C(=O)N[C@@H](CCC(=O)OCC)C(=O)OCC)cc1. The number of esters is 2. The van der Waals surface area contributed by atoms with Crippen LogP contribution in [0.4, 0.5) is 17.5 Å². The van der Waals surface area contributed by atoms with Crippen LogP contribution in [0, 0.1) is 12.3 Å². The Morgan fingerprint density at radius 2 is 1.78 bits per heavy atom. The molecular formula is C29H35N7O5. The molecule has 3 rings (SSSR count). The van der Waals surface area contributed by atoms with Crippen molar-refractivity contribution in [2.24, 2.45) is 0 Å². The molecule has 12 nitrogen and oxygen atoms in total. The van der Waals surface area contributed by atoms with Crippen LogP contribution in [0.2, 0.25) is 0 Å². The fourth-order valence-corrected chi connectivity index (χ4v) is 4.39. The van der Waals surface area contributed by atoms with E-state index in [0.717, 1.165) is 16.8 Å². The number of hydrogen-bond donors (Lipinski definition) is 3. The van der Waals surface area contributed by atoms with Crippen LogP contribution in [0.1, 0.15) is 55.1 Å². The van der Waals surface area contributed by atoms with Gasteiger partial charge in [0.1, 0.15) is 11.9 Å². The third kappa shape index (κ3) is 7.82. The van der Waals surface area contributed by atoms with Crippen molar-refractivity contribution in [2.45, 2.75) is 52.6 Å². The van der Waals surface area contributed by atoms with E-state index in [2.05, 4.69) is 26.2 Å². The number of benzene rings is 1. The highest BCUT2D eigenvalue weighted by Crippen LogP contribution is 2.27. The number of nitrogen functional groups attached to an aromatic ring is 2. The quantitative estimate of drug-likeness (QED) is 0.206. The highest BCUT2D eigenvalue weighted by molar-refractivity contribution is 5.97. The maximum absolute atomic E-state index is 13.0. The van der Waals surface area contributed by atoms with Gasteiger partial charge < -0.3 is 31.2 Å². The number of anilines is 3. The van der Waals surface area contributed by atoms with Gasteiger partial charge in [0.2, 0.25) is 5.95 Å². The Morgan fingerprint density at radius 1 is 1.07 bits per heavy atom. The monoisotopic (exact) mass is 561 g/mol. The first-order valence-corrected chi connectivity index (χ1v) is 13.3. The van der Waals surface area contributed by atoms with E-state index in [4.69, 9.17) is 27.4 Å². The molecule has 0 spiro atoms. The molecule has 3 aromatic rings. The minimum atomic E-state index is -0.996. The third-order valence-electron chi connectivity index (χ3n) is 6.28. The smallest absolute Gasteiger partial charge is 0.328 e. The van der Waals surface area contributed by atoms with Crippen molar-refractivity contribution in [1.82, 2.24) is 20.3 Å². The van der Waals surface area contributed by atoms with Gasteiger partial charge in [-0.2, -0.15) is 9.97 Å². The molecule has 1 atom stereocenters. The number of ether oxygens (including phenoxy) is 2. The van der Waals surface area contributed by atoms with Gasteiger partial charge in [-0.1, -0.05) is 12.8 Å². The fraction of sp³-hybridized carbons (Fsp3) is 0.379. The number of pyridine rings is 1. The van der Waals surface area contributed by atoms with Gasteiger partial charge in [0.15, 0.2) is 5.65 Å². The lowest BCUT2D eigenvalue weighted by Gasteiger charge is -2.24. The Labute approximate surface area is 238 Å². The first-order chi connectivity index (χ1) is 19.7. The molecule has 2 heterocycles. The standard InChI is InChI=1S/C29H35N7O5/c1-5-15-36(17-19-16-32-26-24(21(19)6-2)25(30)34-29(31)35-26)20-11-9-18(10-12-20)27(38)33-22(28(39)41-8-4)13-14-23(37)40-7-3/h1,9-12,16,22H,6-8,13-15,17H2,2-4H3,(H,33,38)(H4,30,31,32,34,35)/t22-/m0/s1. The lowest BCUT2D eigenvalue weighted by atomic mass is 10.0. The van der Waals surface area contributed by atoms with Crippen molar-refractivity contribution < 1.29 is 23.9 Å². The molecule has 5 N–H and O–H groups in total. The number of carbonyl (C=O) groups excluding carboxylic acids is 3. The number of nitrogens with one attached hydrogen (secondary N) is 1. The summed E-state index contributed by atoms with van der Waals surface area (Å²) in [5, 5.41) is 3.32. The third-order valence-corrected chi connectivity index (χ3v) is 6.28. The summed E-state index contributed by atoms with van der Waals surface area (Å²) in [5.74, 6) is 1.44. The van der Waals surface area contributed by atoms with Gasteiger partial charge in [-0.05, 0) is 62.1 Å². The number of hydrogen-bond acceptors (Lipinski definition) is 11. The van der Waals surface area contributed by atoms with Gasteiger partial charge in [-0.3, -0.25) is 9.59 Å². The van der Waals surface area contributed by atoms with Gasteiger partial charge in [-0.15, -0.1) is 6.42 Å². The highest BCUT2D eigenvalue weighted by Gasteiger charge is 2.24. The summed E-state index contributed by atoms with van der Waals surface area (Å²) in [4.78, 5) is 51.8. The van der Waals surface area contributed by atoms with E-state index in [1.165, 1.54) is 0 Å². The Balaban J connectivity index is 1.80. The first-order valence-electron chi connectivity index (χ1n) is 13.3. The lowest BCUT2D eigenvalue weighted by Crippen LogP contribution is -2.42. The lowest BCUT2D eigenvalue weighted by molar-refractivity contribution is -0.146. The van der Waals surface area contributed by atoms with E-state index in [1.807, 2.05) is 11.8 Å². The van der Waals surface area contributed by atoms with Crippen LogP contribution >= 0.6 is 0 Å². The molecule has 1 aromatic carbocycles. The summed E-state index contributed by atoms with van der Waals surface area (Å²) in [6.07, 6.45) is 8.08. The van der Waals surface area contributed by atoms with E-state index in [9.17, 15) is 14.4 Å².